The average Bonchev–Trinajstić information content (AvgIpc) is 3.74. The van der Waals surface area contributed by atoms with Gasteiger partial charge in [0.05, 0.1) is 43.7 Å². The van der Waals surface area contributed by atoms with Crippen LogP contribution in [0.2, 0.25) is 0 Å². The summed E-state index contributed by atoms with van der Waals surface area (Å²) in [5.74, 6) is 3.94. The zero-order valence-corrected chi connectivity index (χ0v) is 31.5. The molecule has 0 atom stereocenters. The van der Waals surface area contributed by atoms with Gasteiger partial charge in [-0.2, -0.15) is 0 Å². The van der Waals surface area contributed by atoms with Crippen LogP contribution in [0.15, 0.2) is 133 Å². The topological polar surface area (TPSA) is 91.8 Å². The van der Waals surface area contributed by atoms with Gasteiger partial charge in [0, 0.05) is 36.3 Å². The summed E-state index contributed by atoms with van der Waals surface area (Å²) in [6, 6.07) is 39.1. The summed E-state index contributed by atoms with van der Waals surface area (Å²) in [6.45, 7) is 8.43. The number of rotatable bonds is 14. The Morgan fingerprint density at radius 3 is 1.83 bits per heavy atom. The fraction of sp³-hybridized carbons (Fsp3) is 0.200. The summed E-state index contributed by atoms with van der Waals surface area (Å²) >= 11 is 0. The number of ether oxygens (including phenoxy) is 2. The van der Waals surface area contributed by atoms with E-state index in [1.807, 2.05) is 66.9 Å². The second kappa shape index (κ2) is 16.5. The lowest BCUT2D eigenvalue weighted by Crippen LogP contribution is -2.25. The van der Waals surface area contributed by atoms with E-state index in [0.29, 0.717) is 25.5 Å². The third kappa shape index (κ3) is 7.66. The minimum atomic E-state index is 0.581. The summed E-state index contributed by atoms with van der Waals surface area (Å²) in [5, 5.41) is 0. The SMILES string of the molecule is CCc1cc(N(Cc2ccc(OC)cc2)Cc2ccc(OC)cc2)ncc1N(CC)c1nc(N=C(c2ccccc2)c2ccccc2)c2[nH]cnc2c1C. The minimum Gasteiger partial charge on any atom is -0.497 e. The molecule has 7 rings (SSSR count). The highest BCUT2D eigenvalue weighted by atomic mass is 16.5. The van der Waals surface area contributed by atoms with Crippen molar-refractivity contribution in [2.24, 2.45) is 4.99 Å². The van der Waals surface area contributed by atoms with Gasteiger partial charge < -0.3 is 24.3 Å². The number of benzene rings is 4. The lowest BCUT2D eigenvalue weighted by atomic mass is 10.0. The zero-order valence-electron chi connectivity index (χ0n) is 31.5. The van der Waals surface area contributed by atoms with Crippen LogP contribution in [0.5, 0.6) is 11.5 Å². The summed E-state index contributed by atoms with van der Waals surface area (Å²) in [7, 11) is 3.37. The van der Waals surface area contributed by atoms with Crippen molar-refractivity contribution < 1.29 is 9.47 Å². The number of anilines is 3. The first kappa shape index (κ1) is 35.9. The summed E-state index contributed by atoms with van der Waals surface area (Å²) in [4.78, 5) is 28.3. The first-order valence-electron chi connectivity index (χ1n) is 18.3. The number of aromatic amines is 1. The smallest absolute Gasteiger partial charge is 0.180 e. The normalized spacial score (nSPS) is 11.0. The number of methoxy groups -OCH3 is 2. The number of hydrogen-bond donors (Lipinski definition) is 1. The first-order chi connectivity index (χ1) is 26.5. The van der Waals surface area contributed by atoms with E-state index >= 15 is 0 Å². The minimum absolute atomic E-state index is 0.581. The van der Waals surface area contributed by atoms with Crippen LogP contribution in [0.1, 0.15) is 47.2 Å². The number of pyridine rings is 2. The fourth-order valence-electron chi connectivity index (χ4n) is 6.76. The number of aryl methyl sites for hydroxylation is 2. The van der Waals surface area contributed by atoms with Gasteiger partial charge in [-0.05, 0) is 67.3 Å². The Bertz CT molecular complexity index is 2250. The van der Waals surface area contributed by atoms with E-state index in [9.17, 15) is 0 Å². The predicted molar refractivity (Wildman–Crippen MR) is 219 cm³/mol. The van der Waals surface area contributed by atoms with E-state index in [1.54, 1.807) is 20.5 Å². The maximum atomic E-state index is 5.42. The number of imidazole rings is 1. The summed E-state index contributed by atoms with van der Waals surface area (Å²) in [5.41, 5.74) is 9.96. The Kier molecular flexibility index (Phi) is 10.9. The summed E-state index contributed by atoms with van der Waals surface area (Å²) in [6.07, 6.45) is 4.52. The molecule has 0 fully saturated rings. The highest BCUT2D eigenvalue weighted by molar-refractivity contribution is 6.14. The highest BCUT2D eigenvalue weighted by Crippen LogP contribution is 2.37. The second-order valence-corrected chi connectivity index (χ2v) is 13.0. The van der Waals surface area contributed by atoms with Gasteiger partial charge in [0.15, 0.2) is 5.82 Å². The van der Waals surface area contributed by atoms with Crippen molar-refractivity contribution in [2.75, 3.05) is 30.6 Å². The molecule has 0 aliphatic heterocycles. The molecule has 0 saturated carbocycles. The molecule has 9 nitrogen and oxygen atoms in total. The van der Waals surface area contributed by atoms with E-state index in [0.717, 1.165) is 79.8 Å². The molecule has 3 aromatic heterocycles. The van der Waals surface area contributed by atoms with Gasteiger partial charge >= 0.3 is 0 Å². The van der Waals surface area contributed by atoms with Crippen molar-refractivity contribution in [1.29, 1.82) is 0 Å². The largest absolute Gasteiger partial charge is 0.497 e. The van der Waals surface area contributed by atoms with Crippen molar-refractivity contribution in [1.82, 2.24) is 19.9 Å². The molecule has 0 aliphatic carbocycles. The lowest BCUT2D eigenvalue weighted by molar-refractivity contribution is 0.414. The van der Waals surface area contributed by atoms with Gasteiger partial charge in [-0.15, -0.1) is 0 Å². The number of H-pyrrole nitrogens is 1. The molecule has 0 amide bonds. The number of aromatic nitrogens is 4. The molecule has 7 aromatic rings. The van der Waals surface area contributed by atoms with Crippen LogP contribution in [0.4, 0.5) is 23.1 Å². The van der Waals surface area contributed by atoms with Crippen molar-refractivity contribution in [3.05, 3.63) is 161 Å². The lowest BCUT2D eigenvalue weighted by Gasteiger charge is -2.29. The van der Waals surface area contributed by atoms with Crippen LogP contribution < -0.4 is 19.3 Å². The van der Waals surface area contributed by atoms with E-state index in [2.05, 4.69) is 90.2 Å². The van der Waals surface area contributed by atoms with E-state index in [1.165, 1.54) is 5.56 Å². The molecule has 4 aromatic carbocycles. The zero-order chi connectivity index (χ0) is 37.4. The molecule has 0 saturated heterocycles. The molecule has 3 heterocycles. The Balaban J connectivity index is 1.30. The van der Waals surface area contributed by atoms with Crippen molar-refractivity contribution in [3.8, 4) is 11.5 Å². The molecular formula is C45H45N7O2. The second-order valence-electron chi connectivity index (χ2n) is 13.0. The predicted octanol–water partition coefficient (Wildman–Crippen LogP) is 9.77. The average molecular weight is 716 g/mol. The molecule has 54 heavy (non-hydrogen) atoms. The Morgan fingerprint density at radius 1 is 0.741 bits per heavy atom. The van der Waals surface area contributed by atoms with Crippen LogP contribution in [0.3, 0.4) is 0 Å². The number of nitrogens with one attached hydrogen (secondary N) is 1. The van der Waals surface area contributed by atoms with Crippen LogP contribution in [-0.2, 0) is 19.5 Å². The van der Waals surface area contributed by atoms with Crippen molar-refractivity contribution >= 4 is 39.9 Å². The highest BCUT2D eigenvalue weighted by Gasteiger charge is 2.23. The van der Waals surface area contributed by atoms with Gasteiger partial charge in [0.2, 0.25) is 0 Å². The Labute approximate surface area is 317 Å². The maximum Gasteiger partial charge on any atom is 0.180 e. The van der Waals surface area contributed by atoms with Crippen LogP contribution in [0.25, 0.3) is 11.0 Å². The number of aliphatic imine (C=N–C) groups is 1. The molecule has 0 unspecified atom stereocenters. The van der Waals surface area contributed by atoms with Crippen molar-refractivity contribution in [2.45, 2.75) is 40.3 Å². The standard InChI is InChI=1S/C45H45N7O2/c1-6-34-26-40(51(28-32-18-22-37(53-4)23-19-32)29-33-20-24-38(54-5)25-21-33)46-27-39(34)52(7-2)45-31(3)41-43(48-30-47-41)44(50-45)49-42(35-14-10-8-11-15-35)36-16-12-9-13-17-36/h8-27,30H,6-7,28-29H2,1-5H3,(H,47,48). The first-order valence-corrected chi connectivity index (χ1v) is 18.3. The molecule has 0 radical (unpaired) electrons. The molecule has 0 aliphatic rings. The monoisotopic (exact) mass is 715 g/mol. The molecule has 9 heteroatoms. The van der Waals surface area contributed by atoms with Crippen LogP contribution in [0, 0.1) is 6.92 Å². The fourth-order valence-corrected chi connectivity index (χ4v) is 6.76. The van der Waals surface area contributed by atoms with E-state index in [-0.39, 0.29) is 0 Å². The molecule has 1 N–H and O–H groups in total. The Morgan fingerprint density at radius 2 is 1.31 bits per heavy atom. The van der Waals surface area contributed by atoms with Crippen molar-refractivity contribution in [3.63, 3.8) is 0 Å². The molecular weight excluding hydrogens is 671 g/mol. The van der Waals surface area contributed by atoms with Crippen LogP contribution >= 0.6 is 0 Å². The van der Waals surface area contributed by atoms with Gasteiger partial charge in [-0.25, -0.2) is 19.9 Å². The van der Waals surface area contributed by atoms with E-state index < -0.39 is 0 Å². The Hall–Kier alpha value is -6.48. The van der Waals surface area contributed by atoms with Gasteiger partial charge in [0.25, 0.3) is 0 Å². The van der Waals surface area contributed by atoms with E-state index in [4.69, 9.17) is 29.4 Å². The number of hydrogen-bond acceptors (Lipinski definition) is 8. The number of fused-ring (bicyclic) bond motifs is 1. The van der Waals surface area contributed by atoms with Gasteiger partial charge in [-0.3, -0.25) is 0 Å². The number of nitrogens with zero attached hydrogens (tertiary/aromatic N) is 6. The quantitative estimate of drug-likeness (QED) is 0.112. The molecule has 272 valence electrons. The van der Waals surface area contributed by atoms with Gasteiger partial charge in [0.1, 0.15) is 28.7 Å². The van der Waals surface area contributed by atoms with Gasteiger partial charge in [-0.1, -0.05) is 91.9 Å². The molecule has 0 spiro atoms. The van der Waals surface area contributed by atoms with Crippen LogP contribution in [-0.4, -0.2) is 46.4 Å². The summed E-state index contributed by atoms with van der Waals surface area (Å²) < 4.78 is 10.8. The molecule has 0 bridgehead atoms. The third-order valence-corrected chi connectivity index (χ3v) is 9.66. The maximum absolute atomic E-state index is 5.42. The third-order valence-electron chi connectivity index (χ3n) is 9.66.